The lowest BCUT2D eigenvalue weighted by atomic mass is 10.1. The van der Waals surface area contributed by atoms with Crippen molar-refractivity contribution in [3.63, 3.8) is 0 Å². The molecule has 0 aromatic carbocycles. The van der Waals surface area contributed by atoms with E-state index in [-0.39, 0.29) is 6.04 Å². The SMILES string of the molecule is CCCn1ccnc1CC(NN)c1cnsn1. The molecule has 0 saturated carbocycles. The highest BCUT2D eigenvalue weighted by atomic mass is 32.1. The lowest BCUT2D eigenvalue weighted by molar-refractivity contribution is 0.509. The van der Waals surface area contributed by atoms with Crippen LogP contribution in [0.2, 0.25) is 0 Å². The van der Waals surface area contributed by atoms with E-state index in [9.17, 15) is 0 Å². The standard InChI is InChI=1S/C10H16N6S/c1-2-4-16-5-3-12-10(16)6-8(14-11)9-7-13-17-15-9/h3,5,7-8,14H,2,4,6,11H2,1H3. The molecule has 0 aliphatic rings. The van der Waals surface area contributed by atoms with Crippen LogP contribution in [0.25, 0.3) is 0 Å². The molecule has 0 amide bonds. The summed E-state index contributed by atoms with van der Waals surface area (Å²) < 4.78 is 10.3. The van der Waals surface area contributed by atoms with Crippen molar-refractivity contribution in [2.45, 2.75) is 32.4 Å². The summed E-state index contributed by atoms with van der Waals surface area (Å²) in [6.07, 6.45) is 7.35. The van der Waals surface area contributed by atoms with Crippen molar-refractivity contribution < 1.29 is 0 Å². The quantitative estimate of drug-likeness (QED) is 0.589. The van der Waals surface area contributed by atoms with Crippen molar-refractivity contribution in [3.8, 4) is 0 Å². The van der Waals surface area contributed by atoms with Gasteiger partial charge in [0.05, 0.1) is 29.7 Å². The molecule has 7 heteroatoms. The molecule has 17 heavy (non-hydrogen) atoms. The molecule has 0 aliphatic carbocycles. The first-order chi connectivity index (χ1) is 8.35. The molecule has 0 aliphatic heterocycles. The molecule has 2 aromatic rings. The fourth-order valence-corrected chi connectivity index (χ4v) is 2.20. The number of nitrogens with zero attached hydrogens (tertiary/aromatic N) is 4. The van der Waals surface area contributed by atoms with Gasteiger partial charge in [0, 0.05) is 25.4 Å². The molecule has 0 bridgehead atoms. The molecule has 2 aromatic heterocycles. The van der Waals surface area contributed by atoms with Gasteiger partial charge in [-0.1, -0.05) is 6.92 Å². The highest BCUT2D eigenvalue weighted by Crippen LogP contribution is 2.15. The Balaban J connectivity index is 2.10. The van der Waals surface area contributed by atoms with Crippen LogP contribution in [0.3, 0.4) is 0 Å². The first-order valence-electron chi connectivity index (χ1n) is 5.58. The molecule has 6 nitrogen and oxygen atoms in total. The second-order valence-electron chi connectivity index (χ2n) is 3.79. The zero-order valence-corrected chi connectivity index (χ0v) is 10.5. The molecule has 0 saturated heterocycles. The first-order valence-corrected chi connectivity index (χ1v) is 6.31. The summed E-state index contributed by atoms with van der Waals surface area (Å²) in [5, 5.41) is 0. The molecule has 0 fully saturated rings. The van der Waals surface area contributed by atoms with E-state index in [2.05, 4.69) is 30.6 Å². The number of hydrogen-bond acceptors (Lipinski definition) is 6. The smallest absolute Gasteiger partial charge is 0.110 e. The molecule has 2 rings (SSSR count). The third-order valence-corrected chi connectivity index (χ3v) is 3.08. The Morgan fingerprint density at radius 3 is 3.12 bits per heavy atom. The molecule has 0 radical (unpaired) electrons. The Hall–Kier alpha value is -1.31. The Morgan fingerprint density at radius 2 is 2.47 bits per heavy atom. The normalized spacial score (nSPS) is 12.8. The fraction of sp³-hybridized carbons (Fsp3) is 0.500. The molecule has 1 atom stereocenters. The van der Waals surface area contributed by atoms with Crippen LogP contribution in [0.4, 0.5) is 0 Å². The fourth-order valence-electron chi connectivity index (χ4n) is 1.73. The molecule has 3 N–H and O–H groups in total. The van der Waals surface area contributed by atoms with Gasteiger partial charge < -0.3 is 4.57 Å². The maximum absolute atomic E-state index is 5.55. The second-order valence-corrected chi connectivity index (χ2v) is 4.35. The van der Waals surface area contributed by atoms with Crippen LogP contribution in [-0.4, -0.2) is 18.3 Å². The van der Waals surface area contributed by atoms with E-state index in [1.807, 2.05) is 12.4 Å². The molecule has 2 heterocycles. The van der Waals surface area contributed by atoms with Gasteiger partial charge in [0.25, 0.3) is 0 Å². The van der Waals surface area contributed by atoms with Gasteiger partial charge in [0.2, 0.25) is 0 Å². The number of imidazole rings is 1. The van der Waals surface area contributed by atoms with Gasteiger partial charge in [-0.05, 0) is 6.42 Å². The van der Waals surface area contributed by atoms with Crippen molar-refractivity contribution in [1.82, 2.24) is 23.7 Å². The predicted octanol–water partition coefficient (Wildman–Crippen LogP) is 0.892. The van der Waals surface area contributed by atoms with E-state index in [1.54, 1.807) is 6.20 Å². The predicted molar refractivity (Wildman–Crippen MR) is 66.2 cm³/mol. The second kappa shape index (κ2) is 5.85. The van der Waals surface area contributed by atoms with Crippen LogP contribution in [-0.2, 0) is 13.0 Å². The number of aryl methyl sites for hydroxylation is 1. The maximum Gasteiger partial charge on any atom is 0.110 e. The summed E-state index contributed by atoms with van der Waals surface area (Å²) >= 11 is 1.19. The van der Waals surface area contributed by atoms with Gasteiger partial charge in [-0.2, -0.15) is 8.75 Å². The van der Waals surface area contributed by atoms with Crippen LogP contribution in [0.1, 0.15) is 30.9 Å². The van der Waals surface area contributed by atoms with E-state index in [0.29, 0.717) is 0 Å². The number of nitrogens with one attached hydrogen (secondary N) is 1. The lowest BCUT2D eigenvalue weighted by Gasteiger charge is -2.13. The van der Waals surface area contributed by atoms with E-state index in [4.69, 9.17) is 5.84 Å². The number of hydrogen-bond donors (Lipinski definition) is 2. The molecule has 1 unspecified atom stereocenters. The number of aromatic nitrogens is 4. The maximum atomic E-state index is 5.55. The minimum absolute atomic E-state index is 0.0354. The molecular weight excluding hydrogens is 236 g/mol. The summed E-state index contributed by atoms with van der Waals surface area (Å²) in [7, 11) is 0. The Bertz CT molecular complexity index is 437. The largest absolute Gasteiger partial charge is 0.335 e. The minimum atomic E-state index is -0.0354. The zero-order valence-electron chi connectivity index (χ0n) is 9.71. The molecule has 0 spiro atoms. The lowest BCUT2D eigenvalue weighted by Crippen LogP contribution is -2.30. The van der Waals surface area contributed by atoms with Crippen molar-refractivity contribution >= 4 is 11.7 Å². The van der Waals surface area contributed by atoms with Crippen molar-refractivity contribution in [2.75, 3.05) is 0 Å². The van der Waals surface area contributed by atoms with Gasteiger partial charge >= 0.3 is 0 Å². The van der Waals surface area contributed by atoms with Crippen LogP contribution in [0.15, 0.2) is 18.6 Å². The van der Waals surface area contributed by atoms with Gasteiger partial charge in [-0.3, -0.25) is 11.3 Å². The summed E-state index contributed by atoms with van der Waals surface area (Å²) in [6.45, 7) is 3.12. The Kier molecular flexibility index (Phi) is 4.18. The monoisotopic (exact) mass is 252 g/mol. The highest BCUT2D eigenvalue weighted by molar-refractivity contribution is 6.99. The third kappa shape index (κ3) is 2.87. The average Bonchev–Trinajstić information content (AvgIpc) is 2.97. The van der Waals surface area contributed by atoms with E-state index in [0.717, 1.165) is 30.9 Å². The van der Waals surface area contributed by atoms with Gasteiger partial charge in [-0.25, -0.2) is 4.98 Å². The number of hydrazine groups is 1. The van der Waals surface area contributed by atoms with Crippen molar-refractivity contribution in [2.24, 2.45) is 5.84 Å². The summed E-state index contributed by atoms with van der Waals surface area (Å²) in [5.74, 6) is 6.57. The third-order valence-electron chi connectivity index (χ3n) is 2.59. The van der Waals surface area contributed by atoms with Crippen LogP contribution in [0.5, 0.6) is 0 Å². The van der Waals surface area contributed by atoms with Crippen LogP contribution >= 0.6 is 11.7 Å². The van der Waals surface area contributed by atoms with E-state index in [1.165, 1.54) is 11.7 Å². The zero-order chi connectivity index (χ0) is 12.1. The van der Waals surface area contributed by atoms with Crippen molar-refractivity contribution in [1.29, 1.82) is 0 Å². The number of rotatable bonds is 6. The van der Waals surface area contributed by atoms with Gasteiger partial charge in [0.15, 0.2) is 0 Å². The van der Waals surface area contributed by atoms with E-state index < -0.39 is 0 Å². The first kappa shape index (κ1) is 12.2. The Labute approximate surface area is 104 Å². The number of nitrogens with two attached hydrogens (primary N) is 1. The summed E-state index contributed by atoms with van der Waals surface area (Å²) in [5.41, 5.74) is 3.63. The topological polar surface area (TPSA) is 81.7 Å². The highest BCUT2D eigenvalue weighted by Gasteiger charge is 2.16. The summed E-state index contributed by atoms with van der Waals surface area (Å²) in [6, 6.07) is -0.0354. The van der Waals surface area contributed by atoms with Gasteiger partial charge in [-0.15, -0.1) is 0 Å². The van der Waals surface area contributed by atoms with Crippen LogP contribution < -0.4 is 11.3 Å². The van der Waals surface area contributed by atoms with Gasteiger partial charge in [0.1, 0.15) is 5.82 Å². The average molecular weight is 252 g/mol. The minimum Gasteiger partial charge on any atom is -0.335 e. The van der Waals surface area contributed by atoms with Crippen LogP contribution in [0, 0.1) is 0 Å². The molecular formula is C10H16N6S. The van der Waals surface area contributed by atoms with E-state index >= 15 is 0 Å². The summed E-state index contributed by atoms with van der Waals surface area (Å²) in [4.78, 5) is 4.36. The van der Waals surface area contributed by atoms with Crippen molar-refractivity contribution in [3.05, 3.63) is 30.1 Å². The molecule has 92 valence electrons. The Morgan fingerprint density at radius 1 is 1.59 bits per heavy atom.